The van der Waals surface area contributed by atoms with Gasteiger partial charge in [-0.1, -0.05) is 12.1 Å². The van der Waals surface area contributed by atoms with E-state index in [2.05, 4.69) is 5.32 Å². The Balaban J connectivity index is 2.33. The van der Waals surface area contributed by atoms with Crippen LogP contribution in [0.4, 0.5) is 4.39 Å². The van der Waals surface area contributed by atoms with E-state index in [0.717, 1.165) is 6.54 Å². The van der Waals surface area contributed by atoms with Gasteiger partial charge in [-0.05, 0) is 11.6 Å². The molecular weight excluding hydrogens is 197 g/mol. The second kappa shape index (κ2) is 4.51. The summed E-state index contributed by atoms with van der Waals surface area (Å²) in [6.07, 6.45) is 0.317. The van der Waals surface area contributed by atoms with E-state index in [1.807, 2.05) is 0 Å². The average molecular weight is 209 g/mol. The number of ether oxygens (including phenoxy) is 1. The molecule has 80 valence electrons. The molecule has 0 amide bonds. The molecular formula is C11H12FNO2. The standard InChI is InChI=1S/C11H12FNO2/c12-10-3-1-2-8(9(10)7-14)11-6-13-4-5-15-11/h1-3,7,11,13H,4-6H2. The number of hydrogen-bond donors (Lipinski definition) is 1. The zero-order chi connectivity index (χ0) is 10.7. The first-order valence-corrected chi connectivity index (χ1v) is 4.89. The topological polar surface area (TPSA) is 38.3 Å². The van der Waals surface area contributed by atoms with Crippen LogP contribution in [-0.2, 0) is 4.74 Å². The Kier molecular flexibility index (Phi) is 3.08. The van der Waals surface area contributed by atoms with Crippen molar-refractivity contribution in [3.63, 3.8) is 0 Å². The molecule has 1 saturated heterocycles. The molecule has 1 aromatic carbocycles. The lowest BCUT2D eigenvalue weighted by Gasteiger charge is -2.24. The minimum absolute atomic E-state index is 0.103. The molecule has 1 aliphatic rings. The van der Waals surface area contributed by atoms with Crippen LogP contribution in [0, 0.1) is 5.82 Å². The van der Waals surface area contributed by atoms with Crippen LogP contribution in [0.3, 0.4) is 0 Å². The largest absolute Gasteiger partial charge is 0.371 e. The van der Waals surface area contributed by atoms with E-state index in [1.165, 1.54) is 6.07 Å². The normalized spacial score (nSPS) is 21.3. The summed E-state index contributed by atoms with van der Waals surface area (Å²) in [5.74, 6) is -0.489. The predicted octanol–water partition coefficient (Wildman–Crippen LogP) is 1.30. The highest BCUT2D eigenvalue weighted by molar-refractivity contribution is 5.77. The minimum atomic E-state index is -0.489. The van der Waals surface area contributed by atoms with Crippen LogP contribution < -0.4 is 5.32 Å². The van der Waals surface area contributed by atoms with Gasteiger partial charge in [-0.2, -0.15) is 0 Å². The average Bonchev–Trinajstić information content (AvgIpc) is 2.30. The van der Waals surface area contributed by atoms with Crippen LogP contribution >= 0.6 is 0 Å². The van der Waals surface area contributed by atoms with Gasteiger partial charge in [0, 0.05) is 13.1 Å². The van der Waals surface area contributed by atoms with Crippen LogP contribution in [0.25, 0.3) is 0 Å². The van der Waals surface area contributed by atoms with Gasteiger partial charge < -0.3 is 10.1 Å². The first-order chi connectivity index (χ1) is 7.33. The summed E-state index contributed by atoms with van der Waals surface area (Å²) < 4.78 is 18.8. The molecule has 1 heterocycles. The third-order valence-electron chi connectivity index (χ3n) is 2.48. The maximum atomic E-state index is 13.3. The Morgan fingerprint density at radius 2 is 2.40 bits per heavy atom. The molecule has 4 heteroatoms. The Labute approximate surface area is 87.2 Å². The van der Waals surface area contributed by atoms with Crippen molar-refractivity contribution in [3.8, 4) is 0 Å². The van der Waals surface area contributed by atoms with Gasteiger partial charge in [0.05, 0.1) is 18.3 Å². The molecule has 1 atom stereocenters. The van der Waals surface area contributed by atoms with Gasteiger partial charge in [-0.3, -0.25) is 4.79 Å². The van der Waals surface area contributed by atoms with E-state index in [1.54, 1.807) is 12.1 Å². The number of aldehydes is 1. The molecule has 0 bridgehead atoms. The first-order valence-electron chi connectivity index (χ1n) is 4.89. The Morgan fingerprint density at radius 3 is 3.07 bits per heavy atom. The maximum absolute atomic E-state index is 13.3. The van der Waals surface area contributed by atoms with Gasteiger partial charge in [0.2, 0.25) is 0 Å². The van der Waals surface area contributed by atoms with Crippen molar-refractivity contribution in [2.75, 3.05) is 19.7 Å². The summed E-state index contributed by atoms with van der Waals surface area (Å²) in [5.41, 5.74) is 0.725. The van der Waals surface area contributed by atoms with Crippen LogP contribution in [-0.4, -0.2) is 26.0 Å². The van der Waals surface area contributed by atoms with Gasteiger partial charge >= 0.3 is 0 Å². The van der Waals surface area contributed by atoms with Gasteiger partial charge in [0.25, 0.3) is 0 Å². The Hall–Kier alpha value is -1.26. The Bertz CT molecular complexity index is 362. The van der Waals surface area contributed by atoms with Crippen molar-refractivity contribution in [2.24, 2.45) is 0 Å². The lowest BCUT2D eigenvalue weighted by Crippen LogP contribution is -2.33. The molecule has 0 aromatic heterocycles. The fourth-order valence-corrected chi connectivity index (χ4v) is 1.72. The second-order valence-electron chi connectivity index (χ2n) is 3.42. The summed E-state index contributed by atoms with van der Waals surface area (Å²) in [6.45, 7) is 1.99. The summed E-state index contributed by atoms with van der Waals surface area (Å²) in [7, 11) is 0. The number of hydrogen-bond acceptors (Lipinski definition) is 3. The highest BCUT2D eigenvalue weighted by Crippen LogP contribution is 2.23. The molecule has 1 unspecified atom stereocenters. The molecule has 1 N–H and O–H groups in total. The lowest BCUT2D eigenvalue weighted by atomic mass is 10.0. The smallest absolute Gasteiger partial charge is 0.153 e. The van der Waals surface area contributed by atoms with Crippen LogP contribution in [0.2, 0.25) is 0 Å². The van der Waals surface area contributed by atoms with Crippen molar-refractivity contribution in [1.82, 2.24) is 5.32 Å². The second-order valence-corrected chi connectivity index (χ2v) is 3.42. The number of nitrogens with one attached hydrogen (secondary N) is 1. The molecule has 15 heavy (non-hydrogen) atoms. The number of halogens is 1. The van der Waals surface area contributed by atoms with Crippen molar-refractivity contribution in [1.29, 1.82) is 0 Å². The maximum Gasteiger partial charge on any atom is 0.153 e. The van der Waals surface area contributed by atoms with E-state index >= 15 is 0 Å². The number of carbonyl (C=O) groups excluding carboxylic acids is 1. The van der Waals surface area contributed by atoms with Crippen molar-refractivity contribution < 1.29 is 13.9 Å². The summed E-state index contributed by atoms with van der Waals surface area (Å²) in [6, 6.07) is 4.60. The lowest BCUT2D eigenvalue weighted by molar-refractivity contribution is 0.0271. The number of morpholine rings is 1. The molecule has 0 aliphatic carbocycles. The number of carbonyl (C=O) groups is 1. The van der Waals surface area contributed by atoms with E-state index in [0.29, 0.717) is 25.0 Å². The summed E-state index contributed by atoms with van der Waals surface area (Å²) >= 11 is 0. The number of benzene rings is 1. The molecule has 0 spiro atoms. The van der Waals surface area contributed by atoms with Crippen molar-refractivity contribution >= 4 is 6.29 Å². The summed E-state index contributed by atoms with van der Waals surface area (Å²) in [4.78, 5) is 10.8. The molecule has 2 rings (SSSR count). The quantitative estimate of drug-likeness (QED) is 0.746. The molecule has 1 aromatic rings. The zero-order valence-corrected chi connectivity index (χ0v) is 8.20. The van der Waals surface area contributed by atoms with Crippen LogP contribution in [0.15, 0.2) is 18.2 Å². The van der Waals surface area contributed by atoms with Crippen LogP contribution in [0.1, 0.15) is 22.0 Å². The van der Waals surface area contributed by atoms with Crippen LogP contribution in [0.5, 0.6) is 0 Å². The van der Waals surface area contributed by atoms with Gasteiger partial charge in [-0.15, -0.1) is 0 Å². The monoisotopic (exact) mass is 209 g/mol. The van der Waals surface area contributed by atoms with Gasteiger partial charge in [0.15, 0.2) is 6.29 Å². The molecule has 3 nitrogen and oxygen atoms in total. The molecule has 1 fully saturated rings. The summed E-state index contributed by atoms with van der Waals surface area (Å²) in [5, 5.41) is 3.14. The van der Waals surface area contributed by atoms with E-state index < -0.39 is 5.82 Å². The third-order valence-corrected chi connectivity index (χ3v) is 2.48. The van der Waals surface area contributed by atoms with Gasteiger partial charge in [0.1, 0.15) is 5.82 Å². The molecule has 0 saturated carbocycles. The van der Waals surface area contributed by atoms with Gasteiger partial charge in [-0.25, -0.2) is 4.39 Å². The third kappa shape index (κ3) is 2.06. The number of rotatable bonds is 2. The highest BCUT2D eigenvalue weighted by Gasteiger charge is 2.20. The van der Waals surface area contributed by atoms with Crippen molar-refractivity contribution in [2.45, 2.75) is 6.10 Å². The predicted molar refractivity (Wildman–Crippen MR) is 53.4 cm³/mol. The SMILES string of the molecule is O=Cc1c(F)cccc1C1CNCCO1. The fraction of sp³-hybridized carbons (Fsp3) is 0.364. The zero-order valence-electron chi connectivity index (χ0n) is 8.20. The molecule has 0 radical (unpaired) electrons. The Morgan fingerprint density at radius 1 is 1.53 bits per heavy atom. The highest BCUT2D eigenvalue weighted by atomic mass is 19.1. The fourth-order valence-electron chi connectivity index (χ4n) is 1.72. The van der Waals surface area contributed by atoms with E-state index in [4.69, 9.17) is 4.74 Å². The van der Waals surface area contributed by atoms with Crippen molar-refractivity contribution in [3.05, 3.63) is 35.1 Å². The van der Waals surface area contributed by atoms with E-state index in [-0.39, 0.29) is 11.7 Å². The first kappa shape index (κ1) is 10.3. The molecule has 1 aliphatic heterocycles. The minimum Gasteiger partial charge on any atom is -0.371 e. The van der Waals surface area contributed by atoms with E-state index in [9.17, 15) is 9.18 Å².